The van der Waals surface area contributed by atoms with Crippen LogP contribution >= 0.6 is 11.3 Å². The summed E-state index contributed by atoms with van der Waals surface area (Å²) < 4.78 is 4.70. The highest BCUT2D eigenvalue weighted by molar-refractivity contribution is 7.26. The van der Waals surface area contributed by atoms with E-state index in [0.717, 1.165) is 60.6 Å². The van der Waals surface area contributed by atoms with Gasteiger partial charge in [-0.25, -0.2) is 9.97 Å². The van der Waals surface area contributed by atoms with E-state index in [1.807, 2.05) is 0 Å². The molecule has 0 unspecified atom stereocenters. The molecule has 62 heavy (non-hydrogen) atoms. The molecule has 12 aromatic rings. The number of thiophene rings is 1. The monoisotopic (exact) mass is 807 g/mol. The van der Waals surface area contributed by atoms with Crippen molar-refractivity contribution in [3.05, 3.63) is 224 Å². The Kier molecular flexibility index (Phi) is 8.68. The summed E-state index contributed by atoms with van der Waals surface area (Å²) in [6.07, 6.45) is 0. The minimum atomic E-state index is 0.719. The van der Waals surface area contributed by atoms with E-state index in [-0.39, 0.29) is 0 Å². The van der Waals surface area contributed by atoms with Gasteiger partial charge < -0.3 is 4.57 Å². The summed E-state index contributed by atoms with van der Waals surface area (Å²) in [4.78, 5) is 10.5. The summed E-state index contributed by atoms with van der Waals surface area (Å²) in [6, 6.07) is 80.6. The SMILES string of the molecule is c1ccc(-c2cc(-c3ccc(-c4nc(-c5ccccc5)c5sc6ccccc6c5n4)cc3)c(-c3ccccc3)c(-c3ccc4c(c3)c3ccccc3n4-c3ccccc3)c2)cc1. The van der Waals surface area contributed by atoms with Crippen molar-refractivity contribution in [1.82, 2.24) is 14.5 Å². The maximum absolute atomic E-state index is 5.28. The normalized spacial score (nSPS) is 11.5. The van der Waals surface area contributed by atoms with E-state index in [2.05, 4.69) is 229 Å². The van der Waals surface area contributed by atoms with Gasteiger partial charge >= 0.3 is 0 Å². The molecule has 0 saturated carbocycles. The fraction of sp³-hybridized carbons (Fsp3) is 0. The van der Waals surface area contributed by atoms with Crippen molar-refractivity contribution >= 4 is 53.4 Å². The Hall–Kier alpha value is -7.92. The number of para-hydroxylation sites is 2. The lowest BCUT2D eigenvalue weighted by Gasteiger charge is -2.19. The van der Waals surface area contributed by atoms with Gasteiger partial charge in [0.15, 0.2) is 5.82 Å². The second kappa shape index (κ2) is 15.0. The molecule has 0 aliphatic carbocycles. The second-order valence-electron chi connectivity index (χ2n) is 15.7. The molecule has 290 valence electrons. The molecule has 0 saturated heterocycles. The van der Waals surface area contributed by atoms with Gasteiger partial charge in [-0.2, -0.15) is 0 Å². The Morgan fingerprint density at radius 2 is 0.903 bits per heavy atom. The van der Waals surface area contributed by atoms with Crippen LogP contribution in [0.15, 0.2) is 224 Å². The van der Waals surface area contributed by atoms with Crippen molar-refractivity contribution in [1.29, 1.82) is 0 Å². The van der Waals surface area contributed by atoms with E-state index in [4.69, 9.17) is 9.97 Å². The molecule has 4 heteroatoms. The number of rotatable bonds is 7. The lowest BCUT2D eigenvalue weighted by molar-refractivity contribution is 1.18. The maximum atomic E-state index is 5.28. The topological polar surface area (TPSA) is 30.7 Å². The van der Waals surface area contributed by atoms with Crippen molar-refractivity contribution < 1.29 is 0 Å². The van der Waals surface area contributed by atoms with Crippen molar-refractivity contribution in [2.45, 2.75) is 0 Å². The molecule has 12 rings (SSSR count). The number of fused-ring (bicyclic) bond motifs is 6. The number of hydrogen-bond acceptors (Lipinski definition) is 3. The lowest BCUT2D eigenvalue weighted by atomic mass is 9.84. The predicted molar refractivity (Wildman–Crippen MR) is 262 cm³/mol. The second-order valence-corrected chi connectivity index (χ2v) is 16.8. The van der Waals surface area contributed by atoms with Crippen LogP contribution in [0.5, 0.6) is 0 Å². The van der Waals surface area contributed by atoms with E-state index in [9.17, 15) is 0 Å². The molecule has 3 aromatic heterocycles. The van der Waals surface area contributed by atoms with Crippen LogP contribution in [0.1, 0.15) is 0 Å². The highest BCUT2D eigenvalue weighted by Gasteiger charge is 2.21. The highest BCUT2D eigenvalue weighted by atomic mass is 32.1. The summed E-state index contributed by atoms with van der Waals surface area (Å²) in [5.41, 5.74) is 16.9. The first-order valence-electron chi connectivity index (χ1n) is 21.0. The van der Waals surface area contributed by atoms with Crippen LogP contribution < -0.4 is 0 Å². The first-order chi connectivity index (χ1) is 30.7. The van der Waals surface area contributed by atoms with Gasteiger partial charge in [-0.3, -0.25) is 0 Å². The summed E-state index contributed by atoms with van der Waals surface area (Å²) in [5.74, 6) is 0.719. The zero-order chi connectivity index (χ0) is 41.0. The molecule has 0 N–H and O–H groups in total. The van der Waals surface area contributed by atoms with Crippen LogP contribution in [0.2, 0.25) is 0 Å². The number of aromatic nitrogens is 3. The average molecular weight is 808 g/mol. The van der Waals surface area contributed by atoms with Gasteiger partial charge in [0.2, 0.25) is 0 Å². The Morgan fingerprint density at radius 1 is 0.355 bits per heavy atom. The van der Waals surface area contributed by atoms with Gasteiger partial charge in [0.25, 0.3) is 0 Å². The summed E-state index contributed by atoms with van der Waals surface area (Å²) in [7, 11) is 0. The van der Waals surface area contributed by atoms with Crippen molar-refractivity contribution in [3.63, 3.8) is 0 Å². The first kappa shape index (κ1) is 36.0. The van der Waals surface area contributed by atoms with Crippen LogP contribution in [0.4, 0.5) is 0 Å². The van der Waals surface area contributed by atoms with Gasteiger partial charge in [-0.1, -0.05) is 176 Å². The third-order valence-electron chi connectivity index (χ3n) is 12.0. The van der Waals surface area contributed by atoms with Gasteiger partial charge in [-0.05, 0) is 93.0 Å². The summed E-state index contributed by atoms with van der Waals surface area (Å²) in [5, 5.41) is 3.61. The molecule has 0 radical (unpaired) electrons. The van der Waals surface area contributed by atoms with Crippen LogP contribution in [0.3, 0.4) is 0 Å². The number of nitrogens with zero attached hydrogens (tertiary/aromatic N) is 3. The summed E-state index contributed by atoms with van der Waals surface area (Å²) >= 11 is 1.76. The molecule has 0 aliphatic heterocycles. The Bertz CT molecular complexity index is 3590. The molecule has 0 spiro atoms. The zero-order valence-electron chi connectivity index (χ0n) is 33.6. The van der Waals surface area contributed by atoms with E-state index < -0.39 is 0 Å². The minimum Gasteiger partial charge on any atom is -0.309 e. The maximum Gasteiger partial charge on any atom is 0.160 e. The van der Waals surface area contributed by atoms with Crippen molar-refractivity contribution in [3.8, 4) is 72.8 Å². The minimum absolute atomic E-state index is 0.719. The van der Waals surface area contributed by atoms with E-state index in [0.29, 0.717) is 0 Å². The molecule has 0 amide bonds. The molecule has 0 fully saturated rings. The van der Waals surface area contributed by atoms with Crippen LogP contribution in [-0.4, -0.2) is 14.5 Å². The van der Waals surface area contributed by atoms with E-state index >= 15 is 0 Å². The average Bonchev–Trinajstić information content (AvgIpc) is 3.90. The molecular weight excluding hydrogens is 771 g/mol. The third-order valence-corrected chi connectivity index (χ3v) is 13.2. The molecular formula is C58H37N3S. The molecule has 0 aliphatic rings. The van der Waals surface area contributed by atoms with Crippen LogP contribution in [0, 0.1) is 0 Å². The van der Waals surface area contributed by atoms with Gasteiger partial charge in [-0.15, -0.1) is 11.3 Å². The van der Waals surface area contributed by atoms with Crippen molar-refractivity contribution in [2.75, 3.05) is 0 Å². The third kappa shape index (κ3) is 6.11. The highest BCUT2D eigenvalue weighted by Crippen LogP contribution is 2.46. The van der Waals surface area contributed by atoms with E-state index in [1.165, 1.54) is 54.3 Å². The molecule has 0 bridgehead atoms. The zero-order valence-corrected chi connectivity index (χ0v) is 34.4. The fourth-order valence-corrected chi connectivity index (χ4v) is 10.3. The fourth-order valence-electron chi connectivity index (χ4n) is 9.12. The predicted octanol–water partition coefficient (Wildman–Crippen LogP) is 15.9. The molecule has 0 atom stereocenters. The standard InChI is InChI=1S/C58H37N3S/c1-5-17-38(18-6-1)44-36-48(39-29-31-42(32-30-39)58-59-55(41-21-9-3-10-22-41)57-56(60-58)47-26-14-16-28-53(47)62-57)54(40-19-7-2-8-20-40)49(37-44)43-33-34-52-50(35-43)46-25-13-15-27-51(46)61(52)45-23-11-4-12-24-45/h1-37H. The molecule has 9 aromatic carbocycles. The Labute approximate surface area is 363 Å². The van der Waals surface area contributed by atoms with Crippen LogP contribution in [-0.2, 0) is 0 Å². The first-order valence-corrected chi connectivity index (χ1v) is 21.8. The smallest absolute Gasteiger partial charge is 0.160 e. The quantitative estimate of drug-likeness (QED) is 0.161. The van der Waals surface area contributed by atoms with Crippen molar-refractivity contribution in [2.24, 2.45) is 0 Å². The van der Waals surface area contributed by atoms with Gasteiger partial charge in [0.05, 0.1) is 26.9 Å². The number of hydrogen-bond donors (Lipinski definition) is 0. The van der Waals surface area contributed by atoms with Gasteiger partial charge in [0.1, 0.15) is 0 Å². The summed E-state index contributed by atoms with van der Waals surface area (Å²) in [6.45, 7) is 0. The number of benzene rings is 9. The lowest BCUT2D eigenvalue weighted by Crippen LogP contribution is -1.95. The molecule has 3 nitrogen and oxygen atoms in total. The van der Waals surface area contributed by atoms with E-state index in [1.54, 1.807) is 11.3 Å². The Morgan fingerprint density at radius 3 is 1.63 bits per heavy atom. The largest absolute Gasteiger partial charge is 0.309 e. The Balaban J connectivity index is 1.07. The van der Waals surface area contributed by atoms with Gasteiger partial charge in [0, 0.05) is 37.7 Å². The molecule has 3 heterocycles. The van der Waals surface area contributed by atoms with Crippen LogP contribution in [0.25, 0.3) is 115 Å².